The number of aliphatic imine (C=N–C) groups is 1. The fraction of sp³-hybridized carbons (Fsp3) is 0.368. The number of fused-ring (bicyclic) bond motifs is 3. The highest BCUT2D eigenvalue weighted by Gasteiger charge is 2.38. The summed E-state index contributed by atoms with van der Waals surface area (Å²) in [5, 5.41) is 17.7. The molecule has 1 heterocycles. The number of rotatable bonds is 15. The van der Waals surface area contributed by atoms with Crippen LogP contribution in [-0.2, 0) is 30.3 Å². The standard InChI is InChI=1S/C38H45N7O7/c1-23(42-38(51)52-22-29-27-15-7-5-13-25(27)26-14-6-8-16-28(26)29)35(48)45-20-10-18-32(45)34(47)44-31(21-24-11-3-2-4-12-24)33(46)43-30(36(49)50)17-9-19-41-37(39)40/h2-8,11-16,23,29-32H,9-10,17-22H2,1H3,(H,42,51)(H,43,46)(H,44,47)(H,49,50)(H4,39,40,41)/t23-,30-,31-,32-/m0/s1. The molecule has 1 saturated heterocycles. The Hall–Kier alpha value is -5.92. The highest BCUT2D eigenvalue weighted by atomic mass is 16.5. The van der Waals surface area contributed by atoms with Gasteiger partial charge in [0.05, 0.1) is 0 Å². The molecule has 0 aromatic heterocycles. The molecule has 1 aliphatic heterocycles. The third-order valence-electron chi connectivity index (χ3n) is 9.36. The van der Waals surface area contributed by atoms with Gasteiger partial charge in [0.25, 0.3) is 0 Å². The normalized spacial score (nSPS) is 16.4. The minimum Gasteiger partial charge on any atom is -0.480 e. The lowest BCUT2D eigenvalue weighted by Gasteiger charge is -2.29. The lowest BCUT2D eigenvalue weighted by Crippen LogP contribution is -2.57. The zero-order valence-corrected chi connectivity index (χ0v) is 29.0. The first-order chi connectivity index (χ1) is 25.0. The van der Waals surface area contributed by atoms with Gasteiger partial charge in [-0.3, -0.25) is 19.4 Å². The van der Waals surface area contributed by atoms with Crippen molar-refractivity contribution < 1.29 is 33.8 Å². The maximum Gasteiger partial charge on any atom is 0.407 e. The predicted octanol–water partition coefficient (Wildman–Crippen LogP) is 2.26. The molecule has 8 N–H and O–H groups in total. The molecular weight excluding hydrogens is 666 g/mol. The number of likely N-dealkylation sites (tertiary alicyclic amines) is 1. The molecule has 3 aromatic rings. The molecule has 1 aliphatic carbocycles. The number of ether oxygens (including phenoxy) is 1. The van der Waals surface area contributed by atoms with Gasteiger partial charge in [-0.1, -0.05) is 78.9 Å². The van der Waals surface area contributed by atoms with Crippen molar-refractivity contribution in [1.29, 1.82) is 0 Å². The van der Waals surface area contributed by atoms with Gasteiger partial charge in [-0.25, -0.2) is 9.59 Å². The number of hydrogen-bond acceptors (Lipinski definition) is 7. The summed E-state index contributed by atoms with van der Waals surface area (Å²) in [7, 11) is 0. The van der Waals surface area contributed by atoms with Crippen LogP contribution >= 0.6 is 0 Å². The van der Waals surface area contributed by atoms with Crippen LogP contribution in [0.15, 0.2) is 83.9 Å². The van der Waals surface area contributed by atoms with E-state index in [0.717, 1.165) is 27.8 Å². The summed E-state index contributed by atoms with van der Waals surface area (Å²) in [6, 6.07) is 20.6. The topological polar surface area (TPSA) is 219 Å². The number of nitrogens with two attached hydrogens (primary N) is 2. The molecule has 5 rings (SSSR count). The van der Waals surface area contributed by atoms with Crippen LogP contribution in [0.3, 0.4) is 0 Å². The molecule has 14 nitrogen and oxygen atoms in total. The quantitative estimate of drug-likeness (QED) is 0.0773. The summed E-state index contributed by atoms with van der Waals surface area (Å²) in [6.45, 7) is 2.08. The summed E-state index contributed by atoms with van der Waals surface area (Å²) in [4.78, 5) is 70.9. The molecule has 0 saturated carbocycles. The molecule has 0 radical (unpaired) electrons. The van der Waals surface area contributed by atoms with Crippen molar-refractivity contribution in [2.24, 2.45) is 16.5 Å². The Morgan fingerprint density at radius 2 is 1.52 bits per heavy atom. The van der Waals surface area contributed by atoms with Crippen molar-refractivity contribution >= 4 is 35.7 Å². The zero-order chi connectivity index (χ0) is 37.2. The Morgan fingerprint density at radius 1 is 0.885 bits per heavy atom. The average Bonchev–Trinajstić information content (AvgIpc) is 3.75. The Kier molecular flexibility index (Phi) is 12.4. The predicted molar refractivity (Wildman–Crippen MR) is 194 cm³/mol. The molecule has 2 aliphatic rings. The molecular formula is C38H45N7O7. The Morgan fingerprint density at radius 3 is 2.15 bits per heavy atom. The fourth-order valence-electron chi connectivity index (χ4n) is 6.79. The third-order valence-corrected chi connectivity index (χ3v) is 9.36. The van der Waals surface area contributed by atoms with Gasteiger partial charge in [-0.2, -0.15) is 0 Å². The van der Waals surface area contributed by atoms with Gasteiger partial charge < -0.3 is 42.2 Å². The van der Waals surface area contributed by atoms with Crippen molar-refractivity contribution in [3.8, 4) is 11.1 Å². The largest absolute Gasteiger partial charge is 0.480 e. The van der Waals surface area contributed by atoms with Crippen molar-refractivity contribution in [3.63, 3.8) is 0 Å². The SMILES string of the molecule is C[C@H](NC(=O)OCC1c2ccccc2-c2ccccc21)C(=O)N1CCC[C@H]1C(=O)N[C@@H](Cc1ccccc1)C(=O)N[C@@H](CCCN=C(N)N)C(=O)O. The molecule has 1 fully saturated rings. The van der Waals surface area contributed by atoms with Crippen LogP contribution in [0.4, 0.5) is 4.79 Å². The molecule has 274 valence electrons. The monoisotopic (exact) mass is 711 g/mol. The Bertz CT molecular complexity index is 1750. The molecule has 14 heteroatoms. The van der Waals surface area contributed by atoms with Gasteiger partial charge in [0.15, 0.2) is 5.96 Å². The molecule has 0 spiro atoms. The number of carbonyl (C=O) groups excluding carboxylic acids is 4. The number of amides is 4. The van der Waals surface area contributed by atoms with E-state index in [1.165, 1.54) is 11.8 Å². The maximum atomic E-state index is 13.7. The number of benzene rings is 3. The second kappa shape index (κ2) is 17.3. The minimum absolute atomic E-state index is 0.0589. The molecule has 0 unspecified atom stereocenters. The number of alkyl carbamates (subject to hydrolysis) is 1. The lowest BCUT2D eigenvalue weighted by molar-refractivity contribution is -0.143. The lowest BCUT2D eigenvalue weighted by atomic mass is 9.98. The van der Waals surface area contributed by atoms with Gasteiger partial charge in [0.1, 0.15) is 30.8 Å². The van der Waals surface area contributed by atoms with Crippen LogP contribution in [-0.4, -0.2) is 89.6 Å². The van der Waals surface area contributed by atoms with E-state index in [1.54, 1.807) is 24.3 Å². The first kappa shape index (κ1) is 37.3. The molecule has 4 amide bonds. The number of carboxylic acids is 1. The van der Waals surface area contributed by atoms with E-state index in [0.29, 0.717) is 19.3 Å². The number of carboxylic acid groups (broad SMARTS) is 1. The van der Waals surface area contributed by atoms with Crippen LogP contribution in [0.2, 0.25) is 0 Å². The average molecular weight is 712 g/mol. The number of nitrogens with one attached hydrogen (secondary N) is 3. The highest BCUT2D eigenvalue weighted by Crippen LogP contribution is 2.44. The number of nitrogens with zero attached hydrogens (tertiary/aromatic N) is 2. The van der Waals surface area contributed by atoms with Crippen molar-refractivity contribution in [2.75, 3.05) is 19.7 Å². The van der Waals surface area contributed by atoms with Gasteiger partial charge in [-0.05, 0) is 60.4 Å². The van der Waals surface area contributed by atoms with Gasteiger partial charge in [0.2, 0.25) is 17.7 Å². The molecule has 52 heavy (non-hydrogen) atoms. The van der Waals surface area contributed by atoms with Crippen LogP contribution in [0.25, 0.3) is 11.1 Å². The summed E-state index contributed by atoms with van der Waals surface area (Å²) in [6.07, 6.45) is 0.564. The summed E-state index contributed by atoms with van der Waals surface area (Å²) in [5.41, 5.74) is 15.7. The van der Waals surface area contributed by atoms with Gasteiger partial charge in [-0.15, -0.1) is 0 Å². The van der Waals surface area contributed by atoms with E-state index in [4.69, 9.17) is 16.2 Å². The second-order valence-electron chi connectivity index (χ2n) is 13.0. The van der Waals surface area contributed by atoms with Crippen LogP contribution in [0.5, 0.6) is 0 Å². The third kappa shape index (κ3) is 9.24. The van der Waals surface area contributed by atoms with Crippen molar-refractivity contribution in [3.05, 3.63) is 95.6 Å². The fourth-order valence-corrected chi connectivity index (χ4v) is 6.79. The zero-order valence-electron chi connectivity index (χ0n) is 29.0. The smallest absolute Gasteiger partial charge is 0.407 e. The van der Waals surface area contributed by atoms with Crippen molar-refractivity contribution in [1.82, 2.24) is 20.9 Å². The van der Waals surface area contributed by atoms with Crippen LogP contribution in [0, 0.1) is 0 Å². The van der Waals surface area contributed by atoms with Crippen LogP contribution in [0.1, 0.15) is 55.2 Å². The molecule has 4 atom stereocenters. The van der Waals surface area contributed by atoms with Gasteiger partial charge >= 0.3 is 12.1 Å². The van der Waals surface area contributed by atoms with Crippen LogP contribution < -0.4 is 27.4 Å². The van der Waals surface area contributed by atoms with E-state index in [9.17, 15) is 29.1 Å². The molecule has 0 bridgehead atoms. The maximum absolute atomic E-state index is 13.7. The number of carbonyl (C=O) groups is 5. The Labute approximate surface area is 302 Å². The number of aliphatic carboxylic acids is 1. The number of guanidine groups is 1. The Balaban J connectivity index is 1.19. The van der Waals surface area contributed by atoms with E-state index in [1.807, 2.05) is 54.6 Å². The second-order valence-corrected chi connectivity index (χ2v) is 13.0. The van der Waals surface area contributed by atoms with E-state index in [-0.39, 0.29) is 44.4 Å². The first-order valence-corrected chi connectivity index (χ1v) is 17.4. The number of hydrogen-bond donors (Lipinski definition) is 6. The first-order valence-electron chi connectivity index (χ1n) is 17.4. The van der Waals surface area contributed by atoms with E-state index < -0.39 is 54.0 Å². The summed E-state index contributed by atoms with van der Waals surface area (Å²) in [5.74, 6) is -3.23. The highest BCUT2D eigenvalue weighted by molar-refractivity contribution is 5.95. The van der Waals surface area contributed by atoms with E-state index >= 15 is 0 Å². The minimum atomic E-state index is -1.24. The molecule has 3 aromatic carbocycles. The van der Waals surface area contributed by atoms with Gasteiger partial charge in [0, 0.05) is 25.4 Å². The van der Waals surface area contributed by atoms with E-state index in [2.05, 4.69) is 20.9 Å². The summed E-state index contributed by atoms with van der Waals surface area (Å²) < 4.78 is 5.62. The summed E-state index contributed by atoms with van der Waals surface area (Å²) >= 11 is 0. The van der Waals surface area contributed by atoms with Crippen molar-refractivity contribution in [2.45, 2.75) is 69.1 Å².